The molecule has 0 saturated heterocycles. The van der Waals surface area contributed by atoms with Crippen LogP contribution in [0.15, 0.2) is 47.1 Å². The van der Waals surface area contributed by atoms with E-state index >= 15 is 0 Å². The van der Waals surface area contributed by atoms with Gasteiger partial charge in [0.1, 0.15) is 5.76 Å². The molecule has 2 aromatic rings. The Morgan fingerprint density at radius 2 is 2.00 bits per heavy atom. The lowest BCUT2D eigenvalue weighted by molar-refractivity contribution is -0.115. The molecule has 0 bridgehead atoms. The molecule has 94 valence electrons. The van der Waals surface area contributed by atoms with E-state index in [1.807, 2.05) is 24.3 Å². The number of nitrogens with one attached hydrogen (secondary N) is 1. The fraction of sp³-hybridized carbons (Fsp3) is 0.267. The number of carbonyl (C=O) groups is 1. The maximum absolute atomic E-state index is 11.9. The standard InChI is InChI=1S/C15H17NO2/c1-11(2)13-7-3-4-8-14(13)16-15(17)10-12-6-5-9-18-12/h3-9,11H,10H2,1-2H3,(H,16,17). The summed E-state index contributed by atoms with van der Waals surface area (Å²) in [7, 11) is 0. The average molecular weight is 243 g/mol. The lowest BCUT2D eigenvalue weighted by atomic mass is 10.0. The summed E-state index contributed by atoms with van der Waals surface area (Å²) in [6, 6.07) is 11.5. The summed E-state index contributed by atoms with van der Waals surface area (Å²) in [5, 5.41) is 2.93. The molecule has 1 N–H and O–H groups in total. The topological polar surface area (TPSA) is 42.2 Å². The quantitative estimate of drug-likeness (QED) is 0.891. The lowest BCUT2D eigenvalue weighted by Crippen LogP contribution is -2.15. The average Bonchev–Trinajstić information content (AvgIpc) is 2.82. The van der Waals surface area contributed by atoms with Gasteiger partial charge in [-0.25, -0.2) is 0 Å². The van der Waals surface area contributed by atoms with Crippen molar-refractivity contribution < 1.29 is 9.21 Å². The van der Waals surface area contributed by atoms with Crippen molar-refractivity contribution >= 4 is 11.6 Å². The second kappa shape index (κ2) is 5.54. The first-order valence-electron chi connectivity index (χ1n) is 6.08. The van der Waals surface area contributed by atoms with E-state index in [1.54, 1.807) is 18.4 Å². The number of amides is 1. The molecule has 3 heteroatoms. The number of benzene rings is 1. The SMILES string of the molecule is CC(C)c1ccccc1NC(=O)Cc1ccco1. The Balaban J connectivity index is 2.07. The number of carbonyl (C=O) groups excluding carboxylic acids is 1. The molecule has 18 heavy (non-hydrogen) atoms. The van der Waals surface area contributed by atoms with E-state index < -0.39 is 0 Å². The van der Waals surface area contributed by atoms with Crippen molar-refractivity contribution in [2.24, 2.45) is 0 Å². The zero-order valence-corrected chi connectivity index (χ0v) is 10.6. The summed E-state index contributed by atoms with van der Waals surface area (Å²) < 4.78 is 5.16. The first-order valence-corrected chi connectivity index (χ1v) is 6.08. The van der Waals surface area contributed by atoms with Crippen molar-refractivity contribution in [3.63, 3.8) is 0 Å². The molecule has 0 atom stereocenters. The first kappa shape index (κ1) is 12.4. The van der Waals surface area contributed by atoms with Crippen LogP contribution in [0.25, 0.3) is 0 Å². The van der Waals surface area contributed by atoms with E-state index in [4.69, 9.17) is 4.42 Å². The zero-order valence-electron chi connectivity index (χ0n) is 10.6. The molecular weight excluding hydrogens is 226 g/mol. The molecule has 1 amide bonds. The summed E-state index contributed by atoms with van der Waals surface area (Å²) in [6.07, 6.45) is 1.84. The van der Waals surface area contributed by atoms with E-state index in [1.165, 1.54) is 0 Å². The van der Waals surface area contributed by atoms with E-state index in [0.29, 0.717) is 11.7 Å². The smallest absolute Gasteiger partial charge is 0.232 e. The maximum Gasteiger partial charge on any atom is 0.232 e. The van der Waals surface area contributed by atoms with E-state index in [0.717, 1.165) is 11.3 Å². The van der Waals surface area contributed by atoms with Crippen molar-refractivity contribution in [3.05, 3.63) is 54.0 Å². The fourth-order valence-electron chi connectivity index (χ4n) is 1.88. The van der Waals surface area contributed by atoms with Crippen LogP contribution < -0.4 is 5.32 Å². The number of furan rings is 1. The predicted octanol–water partition coefficient (Wildman–Crippen LogP) is 3.58. The third-order valence-electron chi connectivity index (χ3n) is 2.77. The number of hydrogen-bond donors (Lipinski definition) is 1. The van der Waals surface area contributed by atoms with Gasteiger partial charge in [0, 0.05) is 5.69 Å². The fourth-order valence-corrected chi connectivity index (χ4v) is 1.88. The second-order valence-electron chi connectivity index (χ2n) is 4.55. The minimum absolute atomic E-state index is 0.0574. The van der Waals surface area contributed by atoms with Crippen molar-refractivity contribution in [1.82, 2.24) is 0 Å². The van der Waals surface area contributed by atoms with Crippen LogP contribution in [0.2, 0.25) is 0 Å². The summed E-state index contributed by atoms with van der Waals surface area (Å²) >= 11 is 0. The monoisotopic (exact) mass is 243 g/mol. The van der Waals surface area contributed by atoms with Crippen LogP contribution in [-0.4, -0.2) is 5.91 Å². The molecular formula is C15H17NO2. The molecule has 0 aliphatic heterocycles. The number of para-hydroxylation sites is 1. The Hall–Kier alpha value is -2.03. The Kier molecular flexibility index (Phi) is 3.82. The van der Waals surface area contributed by atoms with Gasteiger partial charge < -0.3 is 9.73 Å². The molecule has 1 aromatic carbocycles. The largest absolute Gasteiger partial charge is 0.469 e. The second-order valence-corrected chi connectivity index (χ2v) is 4.55. The van der Waals surface area contributed by atoms with Crippen LogP contribution in [0.4, 0.5) is 5.69 Å². The van der Waals surface area contributed by atoms with Gasteiger partial charge in [0.05, 0.1) is 12.7 Å². The molecule has 0 radical (unpaired) electrons. The molecule has 0 aliphatic carbocycles. The van der Waals surface area contributed by atoms with Gasteiger partial charge in [0.2, 0.25) is 5.91 Å². The number of anilines is 1. The number of hydrogen-bond acceptors (Lipinski definition) is 2. The van der Waals surface area contributed by atoms with Gasteiger partial charge in [-0.15, -0.1) is 0 Å². The lowest BCUT2D eigenvalue weighted by Gasteiger charge is -2.13. The van der Waals surface area contributed by atoms with Crippen LogP contribution in [0.1, 0.15) is 31.1 Å². The molecule has 0 aliphatic rings. The molecule has 0 saturated carbocycles. The Bertz CT molecular complexity index is 515. The van der Waals surface area contributed by atoms with Crippen LogP contribution in [-0.2, 0) is 11.2 Å². The maximum atomic E-state index is 11.9. The van der Waals surface area contributed by atoms with Crippen molar-refractivity contribution in [2.45, 2.75) is 26.2 Å². The molecule has 0 fully saturated rings. The summed E-state index contributed by atoms with van der Waals surface area (Å²) in [5.74, 6) is 0.998. The van der Waals surface area contributed by atoms with Crippen molar-refractivity contribution in [2.75, 3.05) is 5.32 Å². The minimum Gasteiger partial charge on any atom is -0.469 e. The first-order chi connectivity index (χ1) is 8.66. The van der Waals surface area contributed by atoms with Gasteiger partial charge in [-0.05, 0) is 29.7 Å². The Labute approximate surface area is 107 Å². The molecule has 1 heterocycles. The molecule has 2 rings (SSSR count). The molecule has 0 unspecified atom stereocenters. The summed E-state index contributed by atoms with van der Waals surface area (Å²) in [5.41, 5.74) is 2.02. The van der Waals surface area contributed by atoms with Crippen molar-refractivity contribution in [3.8, 4) is 0 Å². The summed E-state index contributed by atoms with van der Waals surface area (Å²) in [6.45, 7) is 4.22. The highest BCUT2D eigenvalue weighted by Crippen LogP contribution is 2.23. The highest BCUT2D eigenvalue weighted by Gasteiger charge is 2.10. The summed E-state index contributed by atoms with van der Waals surface area (Å²) in [4.78, 5) is 11.9. The normalized spacial score (nSPS) is 10.6. The number of rotatable bonds is 4. The Morgan fingerprint density at radius 3 is 2.67 bits per heavy atom. The van der Waals surface area contributed by atoms with E-state index in [-0.39, 0.29) is 12.3 Å². The zero-order chi connectivity index (χ0) is 13.0. The van der Waals surface area contributed by atoms with E-state index in [2.05, 4.69) is 19.2 Å². The Morgan fingerprint density at radius 1 is 1.22 bits per heavy atom. The van der Waals surface area contributed by atoms with Crippen molar-refractivity contribution in [1.29, 1.82) is 0 Å². The van der Waals surface area contributed by atoms with Crippen LogP contribution in [0.3, 0.4) is 0 Å². The van der Waals surface area contributed by atoms with E-state index in [9.17, 15) is 4.79 Å². The third kappa shape index (κ3) is 3.00. The highest BCUT2D eigenvalue weighted by molar-refractivity contribution is 5.92. The van der Waals surface area contributed by atoms with Crippen LogP contribution in [0.5, 0.6) is 0 Å². The molecule has 0 spiro atoms. The van der Waals surface area contributed by atoms with Gasteiger partial charge in [-0.1, -0.05) is 32.0 Å². The predicted molar refractivity (Wildman–Crippen MR) is 71.6 cm³/mol. The highest BCUT2D eigenvalue weighted by atomic mass is 16.3. The molecule has 1 aromatic heterocycles. The van der Waals surface area contributed by atoms with Crippen LogP contribution >= 0.6 is 0 Å². The van der Waals surface area contributed by atoms with Gasteiger partial charge >= 0.3 is 0 Å². The van der Waals surface area contributed by atoms with Gasteiger partial charge in [-0.2, -0.15) is 0 Å². The van der Waals surface area contributed by atoms with Crippen LogP contribution in [0, 0.1) is 0 Å². The van der Waals surface area contributed by atoms with Gasteiger partial charge in [0.15, 0.2) is 0 Å². The molecule has 3 nitrogen and oxygen atoms in total. The minimum atomic E-state index is -0.0574. The van der Waals surface area contributed by atoms with Gasteiger partial charge in [-0.3, -0.25) is 4.79 Å². The third-order valence-corrected chi connectivity index (χ3v) is 2.77. The van der Waals surface area contributed by atoms with Gasteiger partial charge in [0.25, 0.3) is 0 Å².